The molecule has 2 heterocycles. The molecule has 0 unspecified atom stereocenters. The molecule has 2 rings (SSSR count). The van der Waals surface area contributed by atoms with Crippen LogP contribution in [0.4, 0.5) is 0 Å². The molecule has 1 aromatic heterocycles. The molecule has 1 saturated heterocycles. The highest BCUT2D eigenvalue weighted by Gasteiger charge is 2.33. The molecule has 6 nitrogen and oxygen atoms in total. The van der Waals surface area contributed by atoms with Gasteiger partial charge in [-0.25, -0.2) is 8.42 Å². The molecule has 23 heavy (non-hydrogen) atoms. The fourth-order valence-corrected chi connectivity index (χ4v) is 5.08. The van der Waals surface area contributed by atoms with Crippen LogP contribution in [0.5, 0.6) is 0 Å². The lowest BCUT2D eigenvalue weighted by atomic mass is 10.1. The summed E-state index contributed by atoms with van der Waals surface area (Å²) in [5.74, 6) is -0.185. The van der Waals surface area contributed by atoms with Crippen LogP contribution in [0.2, 0.25) is 0 Å². The van der Waals surface area contributed by atoms with Crippen molar-refractivity contribution < 1.29 is 13.2 Å². The van der Waals surface area contributed by atoms with Gasteiger partial charge in [-0.2, -0.15) is 0 Å². The molecule has 0 aromatic carbocycles. The molecule has 1 atom stereocenters. The number of pyridine rings is 1. The molecule has 7 heteroatoms. The van der Waals surface area contributed by atoms with E-state index in [1.165, 1.54) is 15.5 Å². The Hall–Kier alpha value is -1.63. The summed E-state index contributed by atoms with van der Waals surface area (Å²) < 4.78 is 26.2. The number of hydrogen-bond donors (Lipinski definition) is 0. The third-order valence-corrected chi connectivity index (χ3v) is 6.62. The van der Waals surface area contributed by atoms with Gasteiger partial charge in [0.15, 0.2) is 9.84 Å². The lowest BCUT2D eigenvalue weighted by molar-refractivity contribution is 0.0724. The number of amides is 1. The zero-order valence-corrected chi connectivity index (χ0v) is 14.7. The Morgan fingerprint density at radius 2 is 2.09 bits per heavy atom. The number of aryl methyl sites for hydroxylation is 1. The molecule has 1 amide bonds. The fraction of sp³-hybridized carbons (Fsp3) is 0.625. The lowest BCUT2D eigenvalue weighted by Crippen LogP contribution is -2.47. The van der Waals surface area contributed by atoms with Crippen LogP contribution in [0, 0.1) is 5.92 Å². The lowest BCUT2D eigenvalue weighted by Gasteiger charge is -2.32. The van der Waals surface area contributed by atoms with Crippen molar-refractivity contribution in [2.24, 2.45) is 13.0 Å². The Bertz CT molecular complexity index is 737. The van der Waals surface area contributed by atoms with E-state index in [1.54, 1.807) is 19.3 Å². The van der Waals surface area contributed by atoms with Crippen molar-refractivity contribution in [3.8, 4) is 0 Å². The standard InChI is InChI=1S/C16H24N2O4S/c1-12(2)11-23(21,22)13-6-4-9-18(10-13)16(20)14-7-5-8-17(3)15(14)19/h5,7-8,12-13H,4,6,9-11H2,1-3H3/t13-/m0/s1. The van der Waals surface area contributed by atoms with E-state index in [-0.39, 0.29) is 35.2 Å². The second-order valence-corrected chi connectivity index (χ2v) is 8.90. The average molecular weight is 340 g/mol. The van der Waals surface area contributed by atoms with Gasteiger partial charge in [0.1, 0.15) is 5.56 Å². The molecule has 1 aliphatic heterocycles. The first kappa shape index (κ1) is 17.7. The van der Waals surface area contributed by atoms with E-state index in [0.717, 1.165) is 0 Å². The van der Waals surface area contributed by atoms with E-state index in [2.05, 4.69) is 0 Å². The van der Waals surface area contributed by atoms with E-state index >= 15 is 0 Å². The third-order valence-electron chi connectivity index (χ3n) is 4.09. The minimum Gasteiger partial charge on any atom is -0.337 e. The van der Waals surface area contributed by atoms with Gasteiger partial charge in [0.25, 0.3) is 11.5 Å². The van der Waals surface area contributed by atoms with Crippen molar-refractivity contribution >= 4 is 15.7 Å². The van der Waals surface area contributed by atoms with E-state index < -0.39 is 15.1 Å². The Labute approximate surface area is 137 Å². The van der Waals surface area contributed by atoms with E-state index in [1.807, 2.05) is 13.8 Å². The van der Waals surface area contributed by atoms with E-state index in [9.17, 15) is 18.0 Å². The molecule has 0 spiro atoms. The summed E-state index contributed by atoms with van der Waals surface area (Å²) >= 11 is 0. The molecule has 0 radical (unpaired) electrons. The summed E-state index contributed by atoms with van der Waals surface area (Å²) in [6.07, 6.45) is 2.80. The maximum Gasteiger partial charge on any atom is 0.263 e. The van der Waals surface area contributed by atoms with E-state index in [0.29, 0.717) is 19.4 Å². The monoisotopic (exact) mass is 340 g/mol. The average Bonchev–Trinajstić information content (AvgIpc) is 2.48. The predicted molar refractivity (Wildman–Crippen MR) is 89.2 cm³/mol. The summed E-state index contributed by atoms with van der Waals surface area (Å²) in [5.41, 5.74) is -0.262. The van der Waals surface area contributed by atoms with Crippen molar-refractivity contribution in [3.05, 3.63) is 34.2 Å². The van der Waals surface area contributed by atoms with E-state index in [4.69, 9.17) is 0 Å². The van der Waals surface area contributed by atoms with Gasteiger partial charge in [0.2, 0.25) is 0 Å². The quantitative estimate of drug-likeness (QED) is 0.821. The van der Waals surface area contributed by atoms with Crippen LogP contribution in [-0.4, -0.2) is 47.9 Å². The molecule has 1 fully saturated rings. The zero-order valence-electron chi connectivity index (χ0n) is 13.9. The summed E-state index contributed by atoms with van der Waals surface area (Å²) in [6.45, 7) is 4.41. The summed E-state index contributed by atoms with van der Waals surface area (Å²) in [4.78, 5) is 26.2. The second kappa shape index (κ2) is 6.86. The molecular weight excluding hydrogens is 316 g/mol. The molecule has 0 saturated carbocycles. The van der Waals surface area contributed by atoms with Gasteiger partial charge in [-0.15, -0.1) is 0 Å². The van der Waals surface area contributed by atoms with Crippen LogP contribution in [0.1, 0.15) is 37.0 Å². The molecule has 1 aromatic rings. The first-order valence-electron chi connectivity index (χ1n) is 7.89. The number of carbonyl (C=O) groups excluding carboxylic acids is 1. The molecule has 128 valence electrons. The van der Waals surface area contributed by atoms with Crippen LogP contribution in [-0.2, 0) is 16.9 Å². The molecular formula is C16H24N2O4S. The number of aromatic nitrogens is 1. The minimum atomic E-state index is -3.23. The molecule has 0 aliphatic carbocycles. The summed E-state index contributed by atoms with van der Waals surface area (Å²) in [7, 11) is -1.64. The number of hydrogen-bond acceptors (Lipinski definition) is 4. The van der Waals surface area contributed by atoms with Gasteiger partial charge >= 0.3 is 0 Å². The van der Waals surface area contributed by atoms with Crippen molar-refractivity contribution in [1.29, 1.82) is 0 Å². The van der Waals surface area contributed by atoms with Gasteiger partial charge < -0.3 is 9.47 Å². The van der Waals surface area contributed by atoms with Crippen LogP contribution < -0.4 is 5.56 Å². The Balaban J connectivity index is 2.20. The van der Waals surface area contributed by atoms with Crippen LogP contribution >= 0.6 is 0 Å². The largest absolute Gasteiger partial charge is 0.337 e. The Kier molecular flexibility index (Phi) is 5.29. The zero-order chi connectivity index (χ0) is 17.2. The molecule has 0 bridgehead atoms. The molecule has 1 aliphatic rings. The first-order chi connectivity index (χ1) is 10.7. The first-order valence-corrected chi connectivity index (χ1v) is 9.60. The highest BCUT2D eigenvalue weighted by molar-refractivity contribution is 7.92. The van der Waals surface area contributed by atoms with Crippen LogP contribution in [0.3, 0.4) is 0 Å². The van der Waals surface area contributed by atoms with Crippen LogP contribution in [0.15, 0.2) is 23.1 Å². The summed E-state index contributed by atoms with van der Waals surface area (Å²) in [6, 6.07) is 3.14. The fourth-order valence-electron chi connectivity index (χ4n) is 2.95. The van der Waals surface area contributed by atoms with Gasteiger partial charge in [-0.1, -0.05) is 13.8 Å². The number of piperidine rings is 1. The third kappa shape index (κ3) is 4.02. The van der Waals surface area contributed by atoms with Crippen molar-refractivity contribution in [2.45, 2.75) is 31.9 Å². The number of sulfone groups is 1. The number of carbonyl (C=O) groups is 1. The highest BCUT2D eigenvalue weighted by Crippen LogP contribution is 2.20. The van der Waals surface area contributed by atoms with Gasteiger partial charge in [0.05, 0.1) is 11.0 Å². The Morgan fingerprint density at radius 1 is 1.39 bits per heavy atom. The van der Waals surface area contributed by atoms with Crippen LogP contribution in [0.25, 0.3) is 0 Å². The highest BCUT2D eigenvalue weighted by atomic mass is 32.2. The van der Waals surface area contributed by atoms with Crippen molar-refractivity contribution in [1.82, 2.24) is 9.47 Å². The maximum absolute atomic E-state index is 12.6. The SMILES string of the molecule is CC(C)CS(=O)(=O)[C@H]1CCCN(C(=O)c2cccn(C)c2=O)C1. The minimum absolute atomic E-state index is 0.0625. The number of nitrogens with zero attached hydrogens (tertiary/aromatic N) is 2. The molecule has 0 N–H and O–H groups in total. The normalized spacial score (nSPS) is 19.1. The Morgan fingerprint density at radius 3 is 2.74 bits per heavy atom. The second-order valence-electron chi connectivity index (χ2n) is 6.58. The van der Waals surface area contributed by atoms with Crippen molar-refractivity contribution in [2.75, 3.05) is 18.8 Å². The van der Waals surface area contributed by atoms with Gasteiger partial charge in [0, 0.05) is 26.3 Å². The topological polar surface area (TPSA) is 76.5 Å². The van der Waals surface area contributed by atoms with Gasteiger partial charge in [-0.05, 0) is 30.9 Å². The number of rotatable bonds is 4. The van der Waals surface area contributed by atoms with Gasteiger partial charge in [-0.3, -0.25) is 9.59 Å². The maximum atomic E-state index is 12.6. The predicted octanol–water partition coefficient (Wildman–Crippen LogP) is 1.06. The van der Waals surface area contributed by atoms with Crippen molar-refractivity contribution in [3.63, 3.8) is 0 Å². The smallest absolute Gasteiger partial charge is 0.263 e. The number of likely N-dealkylation sites (tertiary alicyclic amines) is 1. The summed E-state index contributed by atoms with van der Waals surface area (Å²) in [5, 5.41) is -0.532.